The fourth-order valence-corrected chi connectivity index (χ4v) is 5.07. The minimum absolute atomic E-state index is 0.0503. The molecule has 0 amide bonds. The Morgan fingerprint density at radius 1 is 1.28 bits per heavy atom. The highest BCUT2D eigenvalue weighted by Crippen LogP contribution is 2.41. The molecule has 1 aliphatic heterocycles. The van der Waals surface area contributed by atoms with Gasteiger partial charge in [0.25, 0.3) is 0 Å². The summed E-state index contributed by atoms with van der Waals surface area (Å²) in [4.78, 5) is 20.5. The highest BCUT2D eigenvalue weighted by molar-refractivity contribution is 7.17. The molecule has 1 N–H and O–H groups in total. The summed E-state index contributed by atoms with van der Waals surface area (Å²) in [5, 5.41) is 15.4. The normalized spacial score (nSPS) is 16.9. The number of aromatic nitrogens is 3. The number of benzene rings is 1. The van der Waals surface area contributed by atoms with E-state index in [1.165, 1.54) is 11.3 Å². The van der Waals surface area contributed by atoms with Gasteiger partial charge in [-0.1, -0.05) is 48.6 Å². The van der Waals surface area contributed by atoms with Gasteiger partial charge in [0.1, 0.15) is 0 Å². The van der Waals surface area contributed by atoms with Gasteiger partial charge in [-0.15, -0.1) is 5.10 Å². The van der Waals surface area contributed by atoms with Gasteiger partial charge in [-0.2, -0.15) is 4.52 Å². The minimum Gasteiger partial charge on any atom is -0.492 e. The Kier molecular flexibility index (Phi) is 5.82. The lowest BCUT2D eigenvalue weighted by atomic mass is 9.94. The first-order valence-corrected chi connectivity index (χ1v) is 11.0. The SMILES string of the molecule is CCOC(=O)C1CCN([C@H](c2ccccc2)c2sc3nc(CC)nn3c2O)CC1. The summed E-state index contributed by atoms with van der Waals surface area (Å²) in [7, 11) is 0. The number of carbonyl (C=O) groups is 1. The topological polar surface area (TPSA) is 80.0 Å². The van der Waals surface area contributed by atoms with Gasteiger partial charge in [0.05, 0.1) is 23.4 Å². The van der Waals surface area contributed by atoms with E-state index in [1.807, 2.05) is 32.0 Å². The van der Waals surface area contributed by atoms with Crippen molar-refractivity contribution >= 4 is 22.3 Å². The molecular weight excluding hydrogens is 388 g/mol. The maximum absolute atomic E-state index is 12.1. The second-order valence-corrected chi connectivity index (χ2v) is 8.25. The van der Waals surface area contributed by atoms with Crippen LogP contribution in [0.2, 0.25) is 0 Å². The molecule has 154 valence electrons. The van der Waals surface area contributed by atoms with Gasteiger partial charge in [-0.25, -0.2) is 4.98 Å². The zero-order valence-electron chi connectivity index (χ0n) is 16.7. The van der Waals surface area contributed by atoms with Crippen LogP contribution in [0.5, 0.6) is 5.88 Å². The monoisotopic (exact) mass is 414 g/mol. The molecule has 1 aromatic carbocycles. The van der Waals surface area contributed by atoms with Crippen LogP contribution in [-0.2, 0) is 16.0 Å². The molecule has 29 heavy (non-hydrogen) atoms. The quantitative estimate of drug-likeness (QED) is 0.623. The lowest BCUT2D eigenvalue weighted by Crippen LogP contribution is -2.39. The molecule has 0 bridgehead atoms. The van der Waals surface area contributed by atoms with Gasteiger partial charge in [0, 0.05) is 6.42 Å². The van der Waals surface area contributed by atoms with E-state index in [0.29, 0.717) is 11.6 Å². The average Bonchev–Trinajstić information content (AvgIpc) is 3.29. The highest BCUT2D eigenvalue weighted by Gasteiger charge is 2.34. The zero-order valence-corrected chi connectivity index (χ0v) is 17.6. The first-order valence-electron chi connectivity index (χ1n) is 10.1. The number of ether oxygens (including phenoxy) is 1. The Morgan fingerprint density at radius 3 is 2.62 bits per heavy atom. The number of fused-ring (bicyclic) bond motifs is 1. The van der Waals surface area contributed by atoms with E-state index in [-0.39, 0.29) is 23.8 Å². The second-order valence-electron chi connectivity index (χ2n) is 7.24. The number of rotatable bonds is 6. The number of aryl methyl sites for hydroxylation is 1. The molecule has 1 saturated heterocycles. The van der Waals surface area contributed by atoms with Crippen LogP contribution in [0, 0.1) is 5.92 Å². The van der Waals surface area contributed by atoms with Crippen molar-refractivity contribution in [2.24, 2.45) is 5.92 Å². The van der Waals surface area contributed by atoms with Gasteiger partial charge >= 0.3 is 5.97 Å². The van der Waals surface area contributed by atoms with Crippen LogP contribution in [0.25, 0.3) is 4.96 Å². The number of aromatic hydroxyl groups is 1. The Balaban J connectivity index is 1.65. The molecule has 0 radical (unpaired) electrons. The summed E-state index contributed by atoms with van der Waals surface area (Å²) in [5.41, 5.74) is 1.11. The summed E-state index contributed by atoms with van der Waals surface area (Å²) < 4.78 is 6.74. The first-order chi connectivity index (χ1) is 14.1. The number of likely N-dealkylation sites (tertiary alicyclic amines) is 1. The zero-order chi connectivity index (χ0) is 20.4. The lowest BCUT2D eigenvalue weighted by Gasteiger charge is -2.36. The first kappa shape index (κ1) is 19.8. The van der Waals surface area contributed by atoms with Crippen molar-refractivity contribution in [3.63, 3.8) is 0 Å². The van der Waals surface area contributed by atoms with Crippen LogP contribution in [0.1, 0.15) is 49.0 Å². The third kappa shape index (κ3) is 3.86. The third-order valence-corrected chi connectivity index (χ3v) is 6.51. The van der Waals surface area contributed by atoms with Gasteiger partial charge in [0.15, 0.2) is 5.82 Å². The van der Waals surface area contributed by atoms with Crippen molar-refractivity contribution in [1.29, 1.82) is 0 Å². The maximum atomic E-state index is 12.1. The molecule has 0 saturated carbocycles. The van der Waals surface area contributed by atoms with E-state index in [0.717, 1.165) is 48.6 Å². The number of thiazole rings is 1. The molecular formula is C21H26N4O3S. The van der Waals surface area contributed by atoms with Crippen molar-refractivity contribution in [2.75, 3.05) is 19.7 Å². The molecule has 0 unspecified atom stereocenters. The standard InChI is InChI=1S/C21H26N4O3S/c1-3-16-22-21-25(23-16)19(26)18(29-21)17(14-8-6-5-7-9-14)24-12-10-15(11-13-24)20(27)28-4-2/h5-9,15,17,26H,3-4,10-13H2,1-2H3/t17-/m1/s1. The molecule has 4 rings (SSSR count). The van der Waals surface area contributed by atoms with E-state index >= 15 is 0 Å². The van der Waals surface area contributed by atoms with Crippen LogP contribution in [-0.4, -0.2) is 50.3 Å². The molecule has 2 aromatic heterocycles. The number of piperidine rings is 1. The Morgan fingerprint density at radius 2 is 2.00 bits per heavy atom. The molecule has 0 spiro atoms. The Labute approximate surface area is 173 Å². The summed E-state index contributed by atoms with van der Waals surface area (Å²) >= 11 is 1.48. The predicted octanol–water partition coefficient (Wildman–Crippen LogP) is 3.42. The molecule has 1 fully saturated rings. The number of hydrogen-bond donors (Lipinski definition) is 1. The third-order valence-electron chi connectivity index (χ3n) is 5.44. The van der Waals surface area contributed by atoms with E-state index in [2.05, 4.69) is 27.1 Å². The maximum Gasteiger partial charge on any atom is 0.309 e. The Bertz CT molecular complexity index is 977. The molecule has 8 heteroatoms. The molecule has 1 atom stereocenters. The fraction of sp³-hybridized carbons (Fsp3) is 0.476. The van der Waals surface area contributed by atoms with Crippen molar-refractivity contribution in [1.82, 2.24) is 19.5 Å². The highest BCUT2D eigenvalue weighted by atomic mass is 32.1. The predicted molar refractivity (Wildman–Crippen MR) is 111 cm³/mol. The van der Waals surface area contributed by atoms with Crippen LogP contribution in [0.3, 0.4) is 0 Å². The average molecular weight is 415 g/mol. The van der Waals surface area contributed by atoms with Gasteiger partial charge in [-0.05, 0) is 38.4 Å². The summed E-state index contributed by atoms with van der Waals surface area (Å²) in [5.74, 6) is 0.728. The van der Waals surface area contributed by atoms with Crippen LogP contribution in [0.15, 0.2) is 30.3 Å². The van der Waals surface area contributed by atoms with Gasteiger partial charge in [0.2, 0.25) is 10.8 Å². The smallest absolute Gasteiger partial charge is 0.309 e. The molecule has 1 aliphatic rings. The number of nitrogens with zero attached hydrogens (tertiary/aromatic N) is 4. The van der Waals surface area contributed by atoms with Crippen molar-refractivity contribution in [3.8, 4) is 5.88 Å². The minimum atomic E-state index is -0.0999. The van der Waals surface area contributed by atoms with E-state index in [4.69, 9.17) is 4.74 Å². The fourth-order valence-electron chi connectivity index (χ4n) is 3.94. The number of esters is 1. The summed E-state index contributed by atoms with van der Waals surface area (Å²) in [6, 6.07) is 10.1. The van der Waals surface area contributed by atoms with Gasteiger partial charge < -0.3 is 9.84 Å². The summed E-state index contributed by atoms with van der Waals surface area (Å²) in [6.07, 6.45) is 2.24. The van der Waals surface area contributed by atoms with E-state index in [9.17, 15) is 9.90 Å². The van der Waals surface area contributed by atoms with Crippen molar-refractivity contribution in [2.45, 2.75) is 39.2 Å². The molecule has 3 heterocycles. The molecule has 7 nitrogen and oxygen atoms in total. The van der Waals surface area contributed by atoms with Gasteiger partial charge in [-0.3, -0.25) is 9.69 Å². The van der Waals surface area contributed by atoms with Crippen molar-refractivity contribution < 1.29 is 14.6 Å². The Hall–Kier alpha value is -2.45. The van der Waals surface area contributed by atoms with Crippen molar-refractivity contribution in [3.05, 3.63) is 46.6 Å². The largest absolute Gasteiger partial charge is 0.492 e. The lowest BCUT2D eigenvalue weighted by molar-refractivity contribution is -0.149. The number of carbonyl (C=O) groups excluding carboxylic acids is 1. The second kappa shape index (κ2) is 8.51. The van der Waals surface area contributed by atoms with E-state index in [1.54, 1.807) is 4.52 Å². The van der Waals surface area contributed by atoms with Crippen LogP contribution >= 0.6 is 11.3 Å². The molecule has 3 aromatic rings. The van der Waals surface area contributed by atoms with E-state index < -0.39 is 0 Å². The van der Waals surface area contributed by atoms with Crippen LogP contribution < -0.4 is 0 Å². The number of hydrogen-bond acceptors (Lipinski definition) is 7. The molecule has 0 aliphatic carbocycles. The summed E-state index contributed by atoms with van der Waals surface area (Å²) in [6.45, 7) is 5.78. The van der Waals surface area contributed by atoms with Crippen LogP contribution in [0.4, 0.5) is 0 Å².